The van der Waals surface area contributed by atoms with Crippen molar-refractivity contribution in [1.29, 1.82) is 5.26 Å². The van der Waals surface area contributed by atoms with E-state index >= 15 is 0 Å². The molecule has 0 saturated carbocycles. The Hall–Kier alpha value is -2.33. The molecule has 0 aromatic heterocycles. The van der Waals surface area contributed by atoms with E-state index in [0.717, 1.165) is 11.1 Å². The first-order valence-electron chi connectivity index (χ1n) is 4.62. The Kier molecular flexibility index (Phi) is 4.06. The second-order valence-electron chi connectivity index (χ2n) is 3.18. The van der Waals surface area contributed by atoms with E-state index in [2.05, 4.69) is 9.58 Å². The highest BCUT2D eigenvalue weighted by atomic mass is 16.5. The lowest BCUT2D eigenvalue weighted by atomic mass is 10.0. The number of hydrogen-bond acceptors (Lipinski definition) is 3. The minimum absolute atomic E-state index is 0.198. The standard InChI is InChI=1S/C12H10N2O2/c1-14-8-10-5-9(3-4-13)6-11(7-10)12(15)16-2/h5-7H,3,8H2,2H3. The van der Waals surface area contributed by atoms with Crippen LogP contribution in [0.4, 0.5) is 0 Å². The zero-order chi connectivity index (χ0) is 12.0. The molecule has 0 spiro atoms. The van der Waals surface area contributed by atoms with Crippen molar-refractivity contribution in [2.24, 2.45) is 0 Å². The molecule has 1 aromatic carbocycles. The molecule has 16 heavy (non-hydrogen) atoms. The van der Waals surface area contributed by atoms with E-state index in [9.17, 15) is 4.79 Å². The molecule has 0 saturated heterocycles. The summed E-state index contributed by atoms with van der Waals surface area (Å²) in [5.41, 5.74) is 1.83. The average molecular weight is 214 g/mol. The molecule has 80 valence electrons. The summed E-state index contributed by atoms with van der Waals surface area (Å²) >= 11 is 0. The number of benzene rings is 1. The molecule has 0 unspecified atom stereocenters. The van der Waals surface area contributed by atoms with Crippen LogP contribution in [0, 0.1) is 17.9 Å². The van der Waals surface area contributed by atoms with Crippen LogP contribution >= 0.6 is 0 Å². The van der Waals surface area contributed by atoms with Crippen LogP contribution in [0.25, 0.3) is 4.85 Å². The first-order valence-corrected chi connectivity index (χ1v) is 4.62. The SMILES string of the molecule is [C-]#[N+]Cc1cc(CC#N)cc(C(=O)OC)c1. The molecular formula is C12H10N2O2. The van der Waals surface area contributed by atoms with Crippen LogP contribution in [-0.4, -0.2) is 13.1 Å². The third-order valence-electron chi connectivity index (χ3n) is 2.02. The van der Waals surface area contributed by atoms with Crippen molar-refractivity contribution < 1.29 is 9.53 Å². The van der Waals surface area contributed by atoms with E-state index in [1.807, 2.05) is 6.07 Å². The molecule has 0 amide bonds. The number of esters is 1. The lowest BCUT2D eigenvalue weighted by Gasteiger charge is -2.03. The summed E-state index contributed by atoms with van der Waals surface area (Å²) in [4.78, 5) is 14.6. The lowest BCUT2D eigenvalue weighted by molar-refractivity contribution is 0.0600. The molecule has 0 fully saturated rings. The number of carbonyl (C=O) groups excluding carboxylic acids is 1. The summed E-state index contributed by atoms with van der Waals surface area (Å²) in [6.45, 7) is 6.98. The van der Waals surface area contributed by atoms with Gasteiger partial charge >= 0.3 is 5.97 Å². The number of ether oxygens (including phenoxy) is 1. The first kappa shape index (κ1) is 11.7. The normalized spacial score (nSPS) is 8.94. The zero-order valence-electron chi connectivity index (χ0n) is 8.86. The molecule has 1 aromatic rings. The van der Waals surface area contributed by atoms with E-state index in [-0.39, 0.29) is 13.0 Å². The van der Waals surface area contributed by atoms with Gasteiger partial charge in [0, 0.05) is 5.56 Å². The number of nitriles is 1. The van der Waals surface area contributed by atoms with E-state index in [1.54, 1.807) is 18.2 Å². The van der Waals surface area contributed by atoms with Gasteiger partial charge in [-0.15, -0.1) is 0 Å². The van der Waals surface area contributed by atoms with Crippen LogP contribution in [-0.2, 0) is 17.7 Å². The third-order valence-corrected chi connectivity index (χ3v) is 2.02. The van der Waals surface area contributed by atoms with Crippen LogP contribution < -0.4 is 0 Å². The van der Waals surface area contributed by atoms with Crippen LogP contribution in [0.5, 0.6) is 0 Å². The van der Waals surface area contributed by atoms with Crippen LogP contribution in [0.2, 0.25) is 0 Å². The van der Waals surface area contributed by atoms with Gasteiger partial charge in [-0.3, -0.25) is 0 Å². The Morgan fingerprint density at radius 1 is 1.50 bits per heavy atom. The fourth-order valence-electron chi connectivity index (χ4n) is 1.37. The van der Waals surface area contributed by atoms with Crippen molar-refractivity contribution in [2.45, 2.75) is 13.0 Å². The molecule has 4 nitrogen and oxygen atoms in total. The van der Waals surface area contributed by atoms with Crippen LogP contribution in [0.3, 0.4) is 0 Å². The van der Waals surface area contributed by atoms with Crippen molar-refractivity contribution in [1.82, 2.24) is 0 Å². The highest BCUT2D eigenvalue weighted by molar-refractivity contribution is 5.89. The summed E-state index contributed by atoms with van der Waals surface area (Å²) in [6.07, 6.45) is 0.218. The molecule has 0 aliphatic rings. The van der Waals surface area contributed by atoms with Gasteiger partial charge in [0.15, 0.2) is 0 Å². The molecule has 0 bridgehead atoms. The van der Waals surface area contributed by atoms with Gasteiger partial charge in [-0.1, -0.05) is 0 Å². The highest BCUT2D eigenvalue weighted by Crippen LogP contribution is 2.13. The third kappa shape index (κ3) is 2.83. The molecular weight excluding hydrogens is 204 g/mol. The summed E-state index contributed by atoms with van der Waals surface area (Å²) in [6, 6.07) is 6.99. The summed E-state index contributed by atoms with van der Waals surface area (Å²) in [7, 11) is 1.30. The van der Waals surface area contributed by atoms with Gasteiger partial charge in [-0.05, 0) is 23.8 Å². The van der Waals surface area contributed by atoms with Crippen molar-refractivity contribution in [3.63, 3.8) is 0 Å². The van der Waals surface area contributed by atoms with Crippen LogP contribution in [0.15, 0.2) is 18.2 Å². The molecule has 0 radical (unpaired) electrons. The van der Waals surface area contributed by atoms with Crippen LogP contribution in [0.1, 0.15) is 21.5 Å². The summed E-state index contributed by atoms with van der Waals surface area (Å²) in [5.74, 6) is -0.453. The van der Waals surface area contributed by atoms with Crippen molar-refractivity contribution >= 4 is 5.97 Å². The predicted molar refractivity (Wildman–Crippen MR) is 57.4 cm³/mol. The second-order valence-corrected chi connectivity index (χ2v) is 3.18. The maximum Gasteiger partial charge on any atom is 0.337 e. The van der Waals surface area contributed by atoms with Gasteiger partial charge in [0.1, 0.15) is 0 Å². The Morgan fingerprint density at radius 2 is 2.19 bits per heavy atom. The Bertz CT molecular complexity index is 447. The molecule has 0 N–H and O–H groups in total. The second kappa shape index (κ2) is 5.53. The van der Waals surface area contributed by atoms with E-state index in [1.165, 1.54) is 7.11 Å². The molecule has 4 heteroatoms. The lowest BCUT2D eigenvalue weighted by Crippen LogP contribution is -2.03. The highest BCUT2D eigenvalue weighted by Gasteiger charge is 2.09. The summed E-state index contributed by atoms with van der Waals surface area (Å²) in [5, 5.41) is 8.60. The van der Waals surface area contributed by atoms with Gasteiger partial charge in [0.2, 0.25) is 6.54 Å². The minimum atomic E-state index is -0.453. The van der Waals surface area contributed by atoms with Crippen molar-refractivity contribution in [3.8, 4) is 6.07 Å². The fraction of sp³-hybridized carbons (Fsp3) is 0.250. The molecule has 0 aliphatic heterocycles. The fourth-order valence-corrected chi connectivity index (χ4v) is 1.37. The van der Waals surface area contributed by atoms with Gasteiger partial charge in [0.05, 0.1) is 25.2 Å². The van der Waals surface area contributed by atoms with E-state index in [0.29, 0.717) is 5.56 Å². The van der Waals surface area contributed by atoms with Crippen molar-refractivity contribution in [2.75, 3.05) is 7.11 Å². The quantitative estimate of drug-likeness (QED) is 0.571. The van der Waals surface area contributed by atoms with Gasteiger partial charge in [-0.2, -0.15) is 5.26 Å². The Balaban J connectivity index is 3.14. The number of carbonyl (C=O) groups is 1. The average Bonchev–Trinajstić information content (AvgIpc) is 2.28. The minimum Gasteiger partial charge on any atom is -0.465 e. The van der Waals surface area contributed by atoms with Gasteiger partial charge in [-0.25, -0.2) is 11.4 Å². The predicted octanol–water partition coefficient (Wildman–Crippen LogP) is 1.96. The number of methoxy groups -OCH3 is 1. The summed E-state index contributed by atoms with van der Waals surface area (Å²) < 4.78 is 4.60. The molecule has 0 heterocycles. The number of nitrogens with zero attached hydrogens (tertiary/aromatic N) is 2. The van der Waals surface area contributed by atoms with E-state index in [4.69, 9.17) is 11.8 Å². The smallest absolute Gasteiger partial charge is 0.337 e. The maximum atomic E-state index is 11.3. The van der Waals surface area contributed by atoms with Gasteiger partial charge in [0.25, 0.3) is 0 Å². The maximum absolute atomic E-state index is 11.3. The molecule has 0 atom stereocenters. The largest absolute Gasteiger partial charge is 0.465 e. The zero-order valence-corrected chi connectivity index (χ0v) is 8.86. The first-order chi connectivity index (χ1) is 7.71. The monoisotopic (exact) mass is 214 g/mol. The number of hydrogen-bond donors (Lipinski definition) is 0. The van der Waals surface area contributed by atoms with Crippen molar-refractivity contribution in [3.05, 3.63) is 46.3 Å². The number of rotatable bonds is 3. The topological polar surface area (TPSA) is 54.5 Å². The van der Waals surface area contributed by atoms with E-state index < -0.39 is 5.97 Å². The molecule has 0 aliphatic carbocycles. The molecule has 1 rings (SSSR count). The Labute approximate surface area is 93.9 Å². The van der Waals surface area contributed by atoms with Gasteiger partial charge < -0.3 is 9.58 Å². The Morgan fingerprint density at radius 3 is 2.75 bits per heavy atom.